The van der Waals surface area contributed by atoms with E-state index in [4.69, 9.17) is 0 Å². The molecule has 1 amide bonds. The van der Waals surface area contributed by atoms with Gasteiger partial charge in [0.2, 0.25) is 15.9 Å². The van der Waals surface area contributed by atoms with Crippen LogP contribution in [0.15, 0.2) is 0 Å². The van der Waals surface area contributed by atoms with Crippen LogP contribution in [-0.2, 0) is 14.8 Å². The quantitative estimate of drug-likeness (QED) is 0.616. The fraction of sp³-hybridized carbons (Fsp3) is 0.909. The molecule has 0 aromatic carbocycles. The monoisotopic (exact) mass is 313 g/mol. The number of hydrogen-bond acceptors (Lipinski definition) is 4. The fourth-order valence-corrected chi connectivity index (χ4v) is 3.38. The Morgan fingerprint density at radius 1 is 1.26 bits per heavy atom. The topological polar surface area (TPSA) is 78.5 Å². The third-order valence-corrected chi connectivity index (χ3v) is 4.80. The summed E-state index contributed by atoms with van der Waals surface area (Å²) in [7, 11) is -3.07. The molecule has 0 spiro atoms. The van der Waals surface area contributed by atoms with E-state index in [1.54, 1.807) is 0 Å². The van der Waals surface area contributed by atoms with Gasteiger partial charge < -0.3 is 10.6 Å². The van der Waals surface area contributed by atoms with E-state index in [0.29, 0.717) is 26.1 Å². The summed E-state index contributed by atoms with van der Waals surface area (Å²) >= 11 is 0. The maximum atomic E-state index is 11.5. The maximum Gasteiger partial charge on any atom is 0.221 e. The zero-order valence-corrected chi connectivity index (χ0v) is 13.0. The van der Waals surface area contributed by atoms with Crippen molar-refractivity contribution in [1.29, 1.82) is 0 Å². The van der Waals surface area contributed by atoms with Gasteiger partial charge in [0.15, 0.2) is 0 Å². The molecule has 0 unspecified atom stereocenters. The van der Waals surface area contributed by atoms with Crippen LogP contribution in [0.2, 0.25) is 0 Å². The molecule has 0 radical (unpaired) electrons. The highest BCUT2D eigenvalue weighted by molar-refractivity contribution is 7.89. The molecule has 19 heavy (non-hydrogen) atoms. The van der Waals surface area contributed by atoms with E-state index in [2.05, 4.69) is 17.6 Å². The minimum absolute atomic E-state index is 0. The Kier molecular flexibility index (Phi) is 9.34. The number of nitrogens with one attached hydrogen (secondary N) is 2. The van der Waals surface area contributed by atoms with Crippen molar-refractivity contribution in [2.45, 2.75) is 26.2 Å². The van der Waals surface area contributed by atoms with Gasteiger partial charge in [0.25, 0.3) is 0 Å². The Morgan fingerprint density at radius 3 is 2.58 bits per heavy atom. The first kappa shape index (κ1) is 18.6. The minimum atomic E-state index is -3.07. The fourth-order valence-electron chi connectivity index (χ4n) is 1.85. The van der Waals surface area contributed by atoms with E-state index in [1.807, 2.05) is 0 Å². The van der Waals surface area contributed by atoms with Crippen molar-refractivity contribution in [2.24, 2.45) is 0 Å². The molecule has 1 fully saturated rings. The van der Waals surface area contributed by atoms with Gasteiger partial charge in [-0.3, -0.25) is 4.79 Å². The molecule has 8 heteroatoms. The second-order valence-corrected chi connectivity index (χ2v) is 6.51. The summed E-state index contributed by atoms with van der Waals surface area (Å²) < 4.78 is 24.4. The van der Waals surface area contributed by atoms with E-state index < -0.39 is 10.0 Å². The van der Waals surface area contributed by atoms with Gasteiger partial charge in [-0.15, -0.1) is 12.4 Å². The van der Waals surface area contributed by atoms with Gasteiger partial charge in [-0.2, -0.15) is 0 Å². The SMILES string of the molecule is CCCNCCNC(=O)CCN1CCCS1(=O)=O.Cl. The lowest BCUT2D eigenvalue weighted by Gasteiger charge is -2.13. The zero-order valence-electron chi connectivity index (χ0n) is 11.4. The number of rotatable bonds is 8. The second-order valence-electron chi connectivity index (χ2n) is 4.42. The smallest absolute Gasteiger partial charge is 0.221 e. The molecule has 1 saturated heterocycles. The molecule has 114 valence electrons. The van der Waals surface area contributed by atoms with Gasteiger partial charge in [-0.05, 0) is 19.4 Å². The number of hydrogen-bond donors (Lipinski definition) is 2. The lowest BCUT2D eigenvalue weighted by atomic mass is 10.3. The second kappa shape index (κ2) is 9.52. The molecule has 6 nitrogen and oxygen atoms in total. The molecular formula is C11H24ClN3O3S. The summed E-state index contributed by atoms with van der Waals surface area (Å²) in [5, 5.41) is 5.95. The lowest BCUT2D eigenvalue weighted by molar-refractivity contribution is -0.121. The molecule has 0 saturated carbocycles. The molecule has 0 aliphatic carbocycles. The number of halogens is 1. The molecular weight excluding hydrogens is 290 g/mol. The predicted octanol–water partition coefficient (Wildman–Crippen LogP) is -0.0504. The van der Waals surface area contributed by atoms with Crippen LogP contribution in [-0.4, -0.2) is 57.1 Å². The summed E-state index contributed by atoms with van der Waals surface area (Å²) in [5.74, 6) is 0.130. The van der Waals surface area contributed by atoms with Crippen LogP contribution in [0.4, 0.5) is 0 Å². The third-order valence-electron chi connectivity index (χ3n) is 2.84. The zero-order chi connectivity index (χ0) is 13.4. The van der Waals surface area contributed by atoms with Crippen molar-refractivity contribution in [3.63, 3.8) is 0 Å². The summed E-state index contributed by atoms with van der Waals surface area (Å²) in [6.07, 6.45) is 1.98. The van der Waals surface area contributed by atoms with Crippen molar-refractivity contribution in [1.82, 2.24) is 14.9 Å². The molecule has 0 bridgehead atoms. The van der Waals surface area contributed by atoms with Gasteiger partial charge in [0.1, 0.15) is 0 Å². The molecule has 1 aliphatic heterocycles. The van der Waals surface area contributed by atoms with Crippen LogP contribution in [0.3, 0.4) is 0 Å². The van der Waals surface area contributed by atoms with E-state index in [0.717, 1.165) is 19.5 Å². The van der Waals surface area contributed by atoms with Gasteiger partial charge in [-0.1, -0.05) is 6.92 Å². The first-order chi connectivity index (χ1) is 8.56. The van der Waals surface area contributed by atoms with E-state index in [-0.39, 0.29) is 30.5 Å². The Labute approximate surface area is 121 Å². The summed E-state index contributed by atoms with van der Waals surface area (Å²) in [4.78, 5) is 11.5. The minimum Gasteiger partial charge on any atom is -0.355 e. The van der Waals surface area contributed by atoms with Gasteiger partial charge in [-0.25, -0.2) is 12.7 Å². The van der Waals surface area contributed by atoms with Crippen LogP contribution in [0, 0.1) is 0 Å². The molecule has 0 atom stereocenters. The molecule has 2 N–H and O–H groups in total. The summed E-state index contributed by atoms with van der Waals surface area (Å²) in [5.41, 5.74) is 0. The maximum absolute atomic E-state index is 11.5. The number of carbonyl (C=O) groups is 1. The first-order valence-corrected chi connectivity index (χ1v) is 8.12. The average Bonchev–Trinajstić information content (AvgIpc) is 2.65. The Bertz CT molecular complexity index is 362. The summed E-state index contributed by atoms with van der Waals surface area (Å²) in [6.45, 7) is 5.22. The van der Waals surface area contributed by atoms with Gasteiger partial charge in [0.05, 0.1) is 5.75 Å². The Hall–Kier alpha value is -0.370. The predicted molar refractivity (Wildman–Crippen MR) is 78.0 cm³/mol. The van der Waals surface area contributed by atoms with Crippen molar-refractivity contribution < 1.29 is 13.2 Å². The standard InChI is InChI=1S/C11H23N3O3S.ClH/c1-2-5-12-6-7-13-11(15)4-9-14-8-3-10-18(14,16)17;/h12H,2-10H2,1H3,(H,13,15);1H. The van der Waals surface area contributed by atoms with E-state index >= 15 is 0 Å². The first-order valence-electron chi connectivity index (χ1n) is 6.51. The highest BCUT2D eigenvalue weighted by Gasteiger charge is 2.27. The molecule has 1 heterocycles. The molecule has 0 aromatic rings. The van der Waals surface area contributed by atoms with E-state index in [1.165, 1.54) is 4.31 Å². The number of nitrogens with zero attached hydrogens (tertiary/aromatic N) is 1. The largest absolute Gasteiger partial charge is 0.355 e. The Morgan fingerprint density at radius 2 is 2.00 bits per heavy atom. The highest BCUT2D eigenvalue weighted by Crippen LogP contribution is 2.13. The van der Waals surface area contributed by atoms with Crippen molar-refractivity contribution in [3.05, 3.63) is 0 Å². The van der Waals surface area contributed by atoms with Crippen molar-refractivity contribution in [3.8, 4) is 0 Å². The Balaban J connectivity index is 0.00000324. The molecule has 1 aliphatic rings. The van der Waals surface area contributed by atoms with Crippen LogP contribution < -0.4 is 10.6 Å². The van der Waals surface area contributed by atoms with Crippen LogP contribution >= 0.6 is 12.4 Å². The van der Waals surface area contributed by atoms with Crippen molar-refractivity contribution >= 4 is 28.3 Å². The third kappa shape index (κ3) is 7.10. The molecule has 0 aromatic heterocycles. The summed E-state index contributed by atoms with van der Waals surface area (Å²) in [6, 6.07) is 0. The number of carbonyl (C=O) groups excluding carboxylic acids is 1. The van der Waals surface area contributed by atoms with Gasteiger partial charge in [0, 0.05) is 32.6 Å². The van der Waals surface area contributed by atoms with Gasteiger partial charge >= 0.3 is 0 Å². The van der Waals surface area contributed by atoms with Crippen LogP contribution in [0.25, 0.3) is 0 Å². The van der Waals surface area contributed by atoms with E-state index in [9.17, 15) is 13.2 Å². The number of amides is 1. The average molecular weight is 314 g/mol. The van der Waals surface area contributed by atoms with Crippen LogP contribution in [0.1, 0.15) is 26.2 Å². The normalized spacial score (nSPS) is 17.9. The molecule has 1 rings (SSSR count). The highest BCUT2D eigenvalue weighted by atomic mass is 35.5. The van der Waals surface area contributed by atoms with Crippen LogP contribution in [0.5, 0.6) is 0 Å². The lowest BCUT2D eigenvalue weighted by Crippen LogP contribution is -2.35. The van der Waals surface area contributed by atoms with Crippen molar-refractivity contribution in [2.75, 3.05) is 38.5 Å². The number of sulfonamides is 1.